The number of hydrogen-bond acceptors (Lipinski definition) is 0. The molecule has 0 N–H and O–H groups in total. The lowest BCUT2D eigenvalue weighted by molar-refractivity contribution is 0.534. The van der Waals surface area contributed by atoms with Crippen molar-refractivity contribution in [3.05, 3.63) is 69.8 Å². The van der Waals surface area contributed by atoms with Gasteiger partial charge in [0.2, 0.25) is 0 Å². The molecule has 106 valence electrons. The molecule has 2 rings (SSSR count). The van der Waals surface area contributed by atoms with Crippen molar-refractivity contribution in [3.63, 3.8) is 0 Å². The third-order valence-corrected chi connectivity index (χ3v) is 3.20. The lowest BCUT2D eigenvalue weighted by Crippen LogP contribution is -2.03. The van der Waals surface area contributed by atoms with Crippen molar-refractivity contribution in [2.24, 2.45) is 0 Å². The van der Waals surface area contributed by atoms with Crippen LogP contribution in [0.1, 0.15) is 22.3 Å². The van der Waals surface area contributed by atoms with Gasteiger partial charge in [-0.25, -0.2) is 17.6 Å². The molecule has 4 heteroatoms. The topological polar surface area (TPSA) is 0 Å². The number of halogens is 4. The molecule has 0 nitrogen and oxygen atoms in total. The smallest absolute Gasteiger partial charge is 0.129 e. The van der Waals surface area contributed by atoms with Crippen LogP contribution in [0.25, 0.3) is 0 Å². The Balaban J connectivity index is 2.26. The fourth-order valence-electron chi connectivity index (χ4n) is 2.19. The van der Waals surface area contributed by atoms with Gasteiger partial charge >= 0.3 is 0 Å². The quantitative estimate of drug-likeness (QED) is 0.719. The highest BCUT2D eigenvalue weighted by molar-refractivity contribution is 5.29. The number of hydrogen-bond donors (Lipinski definition) is 0. The van der Waals surface area contributed by atoms with Crippen molar-refractivity contribution in [2.75, 3.05) is 0 Å². The van der Waals surface area contributed by atoms with E-state index in [1.54, 1.807) is 13.8 Å². The summed E-state index contributed by atoms with van der Waals surface area (Å²) in [5.41, 5.74) is 0.651. The average Bonchev–Trinajstić information content (AvgIpc) is 2.30. The molecule has 0 aliphatic rings. The summed E-state index contributed by atoms with van der Waals surface area (Å²) in [7, 11) is 0. The molecule has 0 bridgehead atoms. The molecule has 0 fully saturated rings. The van der Waals surface area contributed by atoms with Crippen LogP contribution >= 0.6 is 0 Å². The molecular formula is C16H14F4. The lowest BCUT2D eigenvalue weighted by Gasteiger charge is -2.09. The Kier molecular flexibility index (Phi) is 4.12. The maximum atomic E-state index is 13.7. The maximum Gasteiger partial charge on any atom is 0.129 e. The van der Waals surface area contributed by atoms with Crippen molar-refractivity contribution < 1.29 is 17.6 Å². The van der Waals surface area contributed by atoms with E-state index in [-0.39, 0.29) is 24.0 Å². The summed E-state index contributed by atoms with van der Waals surface area (Å²) >= 11 is 0. The van der Waals surface area contributed by atoms with Gasteiger partial charge < -0.3 is 0 Å². The van der Waals surface area contributed by atoms with E-state index in [4.69, 9.17) is 0 Å². The molecule has 2 aromatic carbocycles. The molecule has 2 aromatic rings. The molecule has 0 amide bonds. The Morgan fingerprint density at radius 1 is 0.600 bits per heavy atom. The zero-order valence-corrected chi connectivity index (χ0v) is 11.2. The number of benzene rings is 2. The fourth-order valence-corrected chi connectivity index (χ4v) is 2.19. The maximum absolute atomic E-state index is 13.7. The first kappa shape index (κ1) is 14.6. The second kappa shape index (κ2) is 5.65. The molecule has 0 atom stereocenters. The molecule has 0 heterocycles. The zero-order valence-electron chi connectivity index (χ0n) is 11.2. The summed E-state index contributed by atoms with van der Waals surface area (Å²) in [6.45, 7) is 3.16. The van der Waals surface area contributed by atoms with Gasteiger partial charge in [-0.3, -0.25) is 0 Å². The Morgan fingerprint density at radius 3 is 1.10 bits per heavy atom. The van der Waals surface area contributed by atoms with Crippen LogP contribution in [0.3, 0.4) is 0 Å². The third-order valence-electron chi connectivity index (χ3n) is 3.20. The monoisotopic (exact) mass is 282 g/mol. The molecule has 0 saturated heterocycles. The van der Waals surface area contributed by atoms with Gasteiger partial charge in [0.1, 0.15) is 23.3 Å². The SMILES string of the molecule is Cc1cc(F)c(CCc2c(F)cc(C)cc2F)c(F)c1. The second-order valence-corrected chi connectivity index (χ2v) is 4.91. The molecule has 0 saturated carbocycles. The highest BCUT2D eigenvalue weighted by Gasteiger charge is 2.14. The molecule has 20 heavy (non-hydrogen) atoms. The largest absolute Gasteiger partial charge is 0.207 e. The van der Waals surface area contributed by atoms with E-state index in [2.05, 4.69) is 0 Å². The van der Waals surface area contributed by atoms with Crippen LogP contribution in [0.4, 0.5) is 17.6 Å². The van der Waals surface area contributed by atoms with Crippen LogP contribution in [-0.4, -0.2) is 0 Å². The van der Waals surface area contributed by atoms with Crippen LogP contribution in [0.15, 0.2) is 24.3 Å². The Hall–Kier alpha value is -1.84. The molecule has 0 aliphatic carbocycles. The highest BCUT2D eigenvalue weighted by atomic mass is 19.1. The van der Waals surface area contributed by atoms with Crippen molar-refractivity contribution in [3.8, 4) is 0 Å². The minimum absolute atomic E-state index is 0.0884. The minimum atomic E-state index is -0.685. The predicted molar refractivity (Wildman–Crippen MR) is 69.6 cm³/mol. The van der Waals surface area contributed by atoms with E-state index in [0.717, 1.165) is 0 Å². The summed E-state index contributed by atoms with van der Waals surface area (Å²) < 4.78 is 54.6. The van der Waals surface area contributed by atoms with Crippen LogP contribution in [-0.2, 0) is 12.8 Å². The molecule has 0 aromatic heterocycles. The summed E-state index contributed by atoms with van der Waals surface area (Å²) in [4.78, 5) is 0. The number of aryl methyl sites for hydroxylation is 2. The fraction of sp³-hybridized carbons (Fsp3) is 0.250. The van der Waals surface area contributed by atoms with E-state index < -0.39 is 23.3 Å². The molecule has 0 aliphatic heterocycles. The van der Waals surface area contributed by atoms with Gasteiger partial charge in [0, 0.05) is 11.1 Å². The first-order valence-corrected chi connectivity index (χ1v) is 6.27. The number of rotatable bonds is 3. The van der Waals surface area contributed by atoms with E-state index in [1.807, 2.05) is 0 Å². The van der Waals surface area contributed by atoms with Crippen molar-refractivity contribution in [1.82, 2.24) is 0 Å². The Bertz CT molecular complexity index is 543. The van der Waals surface area contributed by atoms with Gasteiger partial charge in [0.15, 0.2) is 0 Å². The van der Waals surface area contributed by atoms with E-state index in [0.29, 0.717) is 11.1 Å². The van der Waals surface area contributed by atoms with Crippen molar-refractivity contribution >= 4 is 0 Å². The van der Waals surface area contributed by atoms with Gasteiger partial charge in [0.25, 0.3) is 0 Å². The first-order chi connectivity index (χ1) is 9.38. The van der Waals surface area contributed by atoms with Crippen molar-refractivity contribution in [2.45, 2.75) is 26.7 Å². The second-order valence-electron chi connectivity index (χ2n) is 4.91. The van der Waals surface area contributed by atoms with Gasteiger partial charge in [-0.1, -0.05) is 0 Å². The predicted octanol–water partition coefficient (Wildman–Crippen LogP) is 4.65. The molecule has 0 unspecified atom stereocenters. The minimum Gasteiger partial charge on any atom is -0.207 e. The van der Waals surface area contributed by atoms with Gasteiger partial charge in [0.05, 0.1) is 0 Å². The Morgan fingerprint density at radius 2 is 0.850 bits per heavy atom. The zero-order chi connectivity index (χ0) is 14.9. The molecule has 0 radical (unpaired) electrons. The first-order valence-electron chi connectivity index (χ1n) is 6.27. The molecular weight excluding hydrogens is 268 g/mol. The van der Waals surface area contributed by atoms with Crippen LogP contribution in [0.5, 0.6) is 0 Å². The third kappa shape index (κ3) is 3.00. The van der Waals surface area contributed by atoms with Gasteiger partial charge in [-0.15, -0.1) is 0 Å². The standard InChI is InChI=1S/C16H14F4/c1-9-5-13(17)11(14(18)6-9)3-4-12-15(19)7-10(2)8-16(12)20/h5-8H,3-4H2,1-2H3. The van der Waals surface area contributed by atoms with Crippen molar-refractivity contribution in [1.29, 1.82) is 0 Å². The highest BCUT2D eigenvalue weighted by Crippen LogP contribution is 2.21. The summed E-state index contributed by atoms with van der Waals surface area (Å²) in [6, 6.07) is 4.83. The van der Waals surface area contributed by atoms with E-state index in [9.17, 15) is 17.6 Å². The summed E-state index contributed by atoms with van der Waals surface area (Å²) in [6.07, 6.45) is -0.177. The van der Waals surface area contributed by atoms with Gasteiger partial charge in [-0.2, -0.15) is 0 Å². The Labute approximate surface area is 115 Å². The normalized spacial score (nSPS) is 10.9. The lowest BCUT2D eigenvalue weighted by atomic mass is 10.0. The van der Waals surface area contributed by atoms with Crippen LogP contribution in [0.2, 0.25) is 0 Å². The summed E-state index contributed by atoms with van der Waals surface area (Å²) in [5.74, 6) is -2.74. The van der Waals surface area contributed by atoms with Crippen LogP contribution in [0, 0.1) is 37.1 Å². The van der Waals surface area contributed by atoms with E-state index >= 15 is 0 Å². The van der Waals surface area contributed by atoms with Crippen LogP contribution < -0.4 is 0 Å². The average molecular weight is 282 g/mol. The summed E-state index contributed by atoms with van der Waals surface area (Å²) in [5, 5.41) is 0. The van der Waals surface area contributed by atoms with Gasteiger partial charge in [-0.05, 0) is 62.1 Å². The molecule has 0 spiro atoms. The van der Waals surface area contributed by atoms with E-state index in [1.165, 1.54) is 24.3 Å².